The van der Waals surface area contributed by atoms with Crippen LogP contribution in [0.5, 0.6) is 0 Å². The van der Waals surface area contributed by atoms with Crippen LogP contribution < -0.4 is 0 Å². The van der Waals surface area contributed by atoms with Crippen molar-refractivity contribution in [3.05, 3.63) is 47.1 Å². The summed E-state index contributed by atoms with van der Waals surface area (Å²) in [4.78, 5) is 4.57. The lowest BCUT2D eigenvalue weighted by atomic mass is 10.2. The van der Waals surface area contributed by atoms with E-state index in [1.165, 1.54) is 0 Å². The number of aromatic nitrogens is 3. The highest BCUT2D eigenvalue weighted by Gasteiger charge is 2.14. The number of hydrogen-bond donors (Lipinski definition) is 0. The maximum atomic E-state index is 9.21. The minimum absolute atomic E-state index is 0.475. The lowest BCUT2D eigenvalue weighted by Gasteiger charge is -2.05. The number of hydrogen-bond acceptors (Lipinski definition) is 4. The third-order valence-corrected chi connectivity index (χ3v) is 3.48. The van der Waals surface area contributed by atoms with Gasteiger partial charge in [0.15, 0.2) is 0 Å². The monoisotopic (exact) mass is 300 g/mol. The van der Waals surface area contributed by atoms with Crippen LogP contribution in [-0.2, 0) is 13.0 Å². The van der Waals surface area contributed by atoms with Gasteiger partial charge in [0.25, 0.3) is 0 Å². The molecule has 3 aromatic rings. The van der Waals surface area contributed by atoms with Gasteiger partial charge in [0, 0.05) is 18.4 Å². The molecule has 5 nitrogen and oxygen atoms in total. The Morgan fingerprint density at radius 3 is 2.95 bits per heavy atom. The number of rotatable bonds is 4. The maximum absolute atomic E-state index is 9.21. The molecule has 6 heteroatoms. The molecule has 3 rings (SSSR count). The molecule has 106 valence electrons. The third-order valence-electron chi connectivity index (χ3n) is 3.29. The Labute approximate surface area is 126 Å². The standard InChI is InChI=1S/C15H13ClN4O/c1-10-7-12(19-21-10)9-20-13-4-2-3-11(8-17)15(13)18-14(20)5-6-16/h2-4,7H,5-6,9H2,1H3. The number of para-hydroxylation sites is 1. The van der Waals surface area contributed by atoms with E-state index >= 15 is 0 Å². The molecule has 0 bridgehead atoms. The molecule has 0 unspecified atom stereocenters. The number of benzene rings is 1. The Balaban J connectivity index is 2.14. The fourth-order valence-electron chi connectivity index (χ4n) is 2.39. The second-order valence-corrected chi connectivity index (χ2v) is 5.15. The van der Waals surface area contributed by atoms with Gasteiger partial charge in [-0.15, -0.1) is 11.6 Å². The Morgan fingerprint density at radius 1 is 1.43 bits per heavy atom. The van der Waals surface area contributed by atoms with Crippen molar-refractivity contribution in [1.29, 1.82) is 5.26 Å². The van der Waals surface area contributed by atoms with Gasteiger partial charge in [0.2, 0.25) is 0 Å². The minimum Gasteiger partial charge on any atom is -0.361 e. The molecule has 0 aliphatic carbocycles. The van der Waals surface area contributed by atoms with Gasteiger partial charge in [0.05, 0.1) is 17.6 Å². The summed E-state index contributed by atoms with van der Waals surface area (Å²) in [5.74, 6) is 2.10. The van der Waals surface area contributed by atoms with Crippen molar-refractivity contribution in [3.63, 3.8) is 0 Å². The van der Waals surface area contributed by atoms with Crippen molar-refractivity contribution >= 4 is 22.6 Å². The molecule has 0 N–H and O–H groups in total. The number of nitriles is 1. The molecule has 0 amide bonds. The number of nitrogens with zero attached hydrogens (tertiary/aromatic N) is 4. The summed E-state index contributed by atoms with van der Waals surface area (Å²) >= 11 is 5.86. The molecule has 0 saturated carbocycles. The average molecular weight is 301 g/mol. The SMILES string of the molecule is Cc1cc(Cn2c(CCCl)nc3c(C#N)cccc32)no1. The van der Waals surface area contributed by atoms with E-state index in [0.29, 0.717) is 29.9 Å². The van der Waals surface area contributed by atoms with Crippen LogP contribution in [0.1, 0.15) is 22.8 Å². The third kappa shape index (κ3) is 2.50. The van der Waals surface area contributed by atoms with E-state index in [-0.39, 0.29) is 0 Å². The Hall–Kier alpha value is -2.32. The minimum atomic E-state index is 0.475. The van der Waals surface area contributed by atoms with Gasteiger partial charge in [-0.2, -0.15) is 5.26 Å². The van der Waals surface area contributed by atoms with Crippen molar-refractivity contribution in [2.75, 3.05) is 5.88 Å². The summed E-state index contributed by atoms with van der Waals surface area (Å²) in [6.45, 7) is 2.41. The Kier molecular flexibility index (Phi) is 3.63. The first-order valence-electron chi connectivity index (χ1n) is 6.59. The summed E-state index contributed by atoms with van der Waals surface area (Å²) in [5.41, 5.74) is 3.01. The fraction of sp³-hybridized carbons (Fsp3) is 0.267. The number of alkyl halides is 1. The van der Waals surface area contributed by atoms with Crippen LogP contribution in [-0.4, -0.2) is 20.6 Å². The lowest BCUT2D eigenvalue weighted by Crippen LogP contribution is -2.06. The fourth-order valence-corrected chi connectivity index (χ4v) is 2.56. The van der Waals surface area contributed by atoms with Gasteiger partial charge in [-0.1, -0.05) is 11.2 Å². The number of halogens is 1. The highest BCUT2D eigenvalue weighted by atomic mass is 35.5. The summed E-state index contributed by atoms with van der Waals surface area (Å²) in [6.07, 6.45) is 0.637. The predicted octanol–water partition coefficient (Wildman–Crippen LogP) is 3.03. The highest BCUT2D eigenvalue weighted by molar-refractivity contribution is 6.17. The molecular formula is C15H13ClN4O. The van der Waals surface area contributed by atoms with Crippen molar-refractivity contribution in [3.8, 4) is 6.07 Å². The zero-order chi connectivity index (χ0) is 14.8. The predicted molar refractivity (Wildman–Crippen MR) is 79.2 cm³/mol. The molecular weight excluding hydrogens is 288 g/mol. The normalized spacial score (nSPS) is 10.9. The smallest absolute Gasteiger partial charge is 0.133 e. The molecule has 0 spiro atoms. The zero-order valence-electron chi connectivity index (χ0n) is 11.5. The first-order chi connectivity index (χ1) is 10.2. The van der Waals surface area contributed by atoms with Gasteiger partial charge in [0.1, 0.15) is 28.9 Å². The molecule has 0 aliphatic heterocycles. The second-order valence-electron chi connectivity index (χ2n) is 4.77. The van der Waals surface area contributed by atoms with E-state index in [9.17, 15) is 5.26 Å². The zero-order valence-corrected chi connectivity index (χ0v) is 12.3. The van der Waals surface area contributed by atoms with Crippen LogP contribution in [0.3, 0.4) is 0 Å². The highest BCUT2D eigenvalue weighted by Crippen LogP contribution is 2.21. The largest absolute Gasteiger partial charge is 0.361 e. The van der Waals surface area contributed by atoms with Gasteiger partial charge in [-0.05, 0) is 19.1 Å². The summed E-state index contributed by atoms with van der Waals surface area (Å²) < 4.78 is 7.15. The van der Waals surface area contributed by atoms with Crippen LogP contribution in [0.4, 0.5) is 0 Å². The molecule has 21 heavy (non-hydrogen) atoms. The van der Waals surface area contributed by atoms with Crippen LogP contribution in [0.2, 0.25) is 0 Å². The molecule has 2 aromatic heterocycles. The van der Waals surface area contributed by atoms with Gasteiger partial charge in [-0.3, -0.25) is 0 Å². The van der Waals surface area contributed by atoms with Gasteiger partial charge >= 0.3 is 0 Å². The first-order valence-corrected chi connectivity index (χ1v) is 7.12. The molecule has 2 heterocycles. The Bertz CT molecular complexity index is 828. The van der Waals surface area contributed by atoms with Crippen LogP contribution >= 0.6 is 11.6 Å². The number of imidazole rings is 1. The summed E-state index contributed by atoms with van der Waals surface area (Å²) in [6, 6.07) is 9.65. The molecule has 0 aliphatic rings. The van der Waals surface area contributed by atoms with Crippen molar-refractivity contribution in [2.45, 2.75) is 19.9 Å². The molecule has 1 aromatic carbocycles. The van der Waals surface area contributed by atoms with Gasteiger partial charge in [-0.25, -0.2) is 4.98 Å². The quantitative estimate of drug-likeness (QED) is 0.695. The van der Waals surface area contributed by atoms with E-state index in [1.54, 1.807) is 6.07 Å². The Morgan fingerprint density at radius 2 is 2.29 bits per heavy atom. The summed E-state index contributed by atoms with van der Waals surface area (Å²) in [7, 11) is 0. The van der Waals surface area contributed by atoms with E-state index in [1.807, 2.05) is 29.7 Å². The van der Waals surface area contributed by atoms with E-state index in [2.05, 4.69) is 16.2 Å². The van der Waals surface area contributed by atoms with Crippen molar-refractivity contribution in [2.24, 2.45) is 0 Å². The van der Waals surface area contributed by atoms with E-state index in [4.69, 9.17) is 16.1 Å². The lowest BCUT2D eigenvalue weighted by molar-refractivity contribution is 0.389. The molecule has 0 saturated heterocycles. The first kappa shape index (κ1) is 13.7. The van der Waals surface area contributed by atoms with Crippen molar-refractivity contribution in [1.82, 2.24) is 14.7 Å². The van der Waals surface area contributed by atoms with Crippen LogP contribution in [0.25, 0.3) is 11.0 Å². The van der Waals surface area contributed by atoms with E-state index < -0.39 is 0 Å². The number of fused-ring (bicyclic) bond motifs is 1. The second kappa shape index (κ2) is 5.58. The molecule has 0 fully saturated rings. The molecule has 0 radical (unpaired) electrons. The van der Waals surface area contributed by atoms with E-state index in [0.717, 1.165) is 22.8 Å². The molecule has 0 atom stereocenters. The maximum Gasteiger partial charge on any atom is 0.133 e. The van der Waals surface area contributed by atoms with Crippen molar-refractivity contribution < 1.29 is 4.52 Å². The number of aryl methyl sites for hydroxylation is 2. The average Bonchev–Trinajstić information content (AvgIpc) is 3.04. The van der Waals surface area contributed by atoms with Crippen LogP contribution in [0.15, 0.2) is 28.8 Å². The van der Waals surface area contributed by atoms with Crippen LogP contribution in [0, 0.1) is 18.3 Å². The van der Waals surface area contributed by atoms with Gasteiger partial charge < -0.3 is 9.09 Å². The topological polar surface area (TPSA) is 67.6 Å². The summed E-state index contributed by atoms with van der Waals surface area (Å²) in [5, 5.41) is 13.2.